The van der Waals surface area contributed by atoms with E-state index in [9.17, 15) is 8.78 Å². The molecule has 0 aliphatic carbocycles. The van der Waals surface area contributed by atoms with Gasteiger partial charge < -0.3 is 4.74 Å². The van der Waals surface area contributed by atoms with Crippen molar-refractivity contribution >= 4 is 0 Å². The molecule has 0 heterocycles. The van der Waals surface area contributed by atoms with Crippen molar-refractivity contribution in [3.63, 3.8) is 0 Å². The molecule has 0 saturated carbocycles. The van der Waals surface area contributed by atoms with E-state index in [-0.39, 0.29) is 5.56 Å². The summed E-state index contributed by atoms with van der Waals surface area (Å²) < 4.78 is 29.8. The molecule has 0 saturated heterocycles. The van der Waals surface area contributed by atoms with E-state index >= 15 is 0 Å². The first kappa shape index (κ1) is 9.96. The maximum Gasteiger partial charge on any atom is 0.264 e. The molecule has 13 heavy (non-hydrogen) atoms. The summed E-state index contributed by atoms with van der Waals surface area (Å²) in [5.41, 5.74) is 1.39. The van der Waals surface area contributed by atoms with E-state index in [1.807, 2.05) is 0 Å². The minimum absolute atomic E-state index is 0.0818. The van der Waals surface area contributed by atoms with Crippen molar-refractivity contribution in [2.45, 2.75) is 20.3 Å². The van der Waals surface area contributed by atoms with Crippen LogP contribution in [0.15, 0.2) is 12.1 Å². The molecular weight excluding hydrogens is 174 g/mol. The molecule has 0 spiro atoms. The van der Waals surface area contributed by atoms with Crippen LogP contribution in [0.25, 0.3) is 0 Å². The molecule has 0 N–H and O–H groups in total. The third kappa shape index (κ3) is 1.97. The average molecular weight is 186 g/mol. The van der Waals surface area contributed by atoms with Crippen LogP contribution < -0.4 is 4.74 Å². The first-order valence-electron chi connectivity index (χ1n) is 3.99. The van der Waals surface area contributed by atoms with Gasteiger partial charge in [-0.15, -0.1) is 0 Å². The molecule has 1 aromatic rings. The molecule has 0 unspecified atom stereocenters. The van der Waals surface area contributed by atoms with Crippen LogP contribution in [0.2, 0.25) is 0 Å². The van der Waals surface area contributed by atoms with Crippen LogP contribution in [0.4, 0.5) is 8.78 Å². The highest BCUT2D eigenvalue weighted by Crippen LogP contribution is 2.28. The summed E-state index contributed by atoms with van der Waals surface area (Å²) in [7, 11) is 1.53. The van der Waals surface area contributed by atoms with Gasteiger partial charge in [0.2, 0.25) is 0 Å². The Morgan fingerprint density at radius 2 is 1.77 bits per heavy atom. The highest BCUT2D eigenvalue weighted by molar-refractivity contribution is 5.41. The van der Waals surface area contributed by atoms with Crippen LogP contribution in [0, 0.1) is 13.8 Å². The zero-order chi connectivity index (χ0) is 10.0. The number of methoxy groups -OCH3 is 1. The van der Waals surface area contributed by atoms with Crippen LogP contribution in [0.5, 0.6) is 5.75 Å². The Balaban J connectivity index is 3.20. The topological polar surface area (TPSA) is 9.23 Å². The predicted octanol–water partition coefficient (Wildman–Crippen LogP) is 3.25. The summed E-state index contributed by atoms with van der Waals surface area (Å²) in [4.78, 5) is 0. The molecule has 0 amide bonds. The Labute approximate surface area is 76.3 Å². The number of ether oxygens (including phenoxy) is 1. The Hall–Kier alpha value is -1.12. The molecule has 0 fully saturated rings. The van der Waals surface area contributed by atoms with Gasteiger partial charge in [-0.3, -0.25) is 0 Å². The van der Waals surface area contributed by atoms with Gasteiger partial charge in [0.15, 0.2) is 0 Å². The fourth-order valence-electron chi connectivity index (χ4n) is 1.27. The summed E-state index contributed by atoms with van der Waals surface area (Å²) in [6.07, 6.45) is -2.41. The van der Waals surface area contributed by atoms with E-state index in [1.165, 1.54) is 13.2 Å². The summed E-state index contributed by atoms with van der Waals surface area (Å²) in [6, 6.07) is 3.11. The highest BCUT2D eigenvalue weighted by atomic mass is 19.3. The SMILES string of the molecule is COc1cc(C)c(C(F)F)cc1C. The van der Waals surface area contributed by atoms with E-state index in [0.29, 0.717) is 11.3 Å². The quantitative estimate of drug-likeness (QED) is 0.688. The van der Waals surface area contributed by atoms with Crippen molar-refractivity contribution in [1.29, 1.82) is 0 Å². The monoisotopic (exact) mass is 186 g/mol. The molecule has 0 aromatic heterocycles. The Kier molecular flexibility index (Phi) is 2.86. The third-order valence-corrected chi connectivity index (χ3v) is 2.02. The second kappa shape index (κ2) is 3.73. The van der Waals surface area contributed by atoms with Crippen molar-refractivity contribution in [1.82, 2.24) is 0 Å². The van der Waals surface area contributed by atoms with E-state index in [1.54, 1.807) is 19.9 Å². The molecule has 1 aromatic carbocycles. The summed E-state index contributed by atoms with van der Waals surface area (Å²) in [5, 5.41) is 0. The second-order valence-electron chi connectivity index (χ2n) is 2.98. The maximum absolute atomic E-state index is 12.4. The van der Waals surface area contributed by atoms with Crippen LogP contribution in [-0.4, -0.2) is 7.11 Å². The number of alkyl halides is 2. The van der Waals surface area contributed by atoms with Gasteiger partial charge >= 0.3 is 0 Å². The minimum atomic E-state index is -2.41. The van der Waals surface area contributed by atoms with E-state index in [2.05, 4.69) is 0 Å². The van der Waals surface area contributed by atoms with Crippen LogP contribution >= 0.6 is 0 Å². The van der Waals surface area contributed by atoms with Gasteiger partial charge in [0.25, 0.3) is 6.43 Å². The second-order valence-corrected chi connectivity index (χ2v) is 2.98. The molecule has 0 aliphatic rings. The van der Waals surface area contributed by atoms with Gasteiger partial charge in [-0.2, -0.15) is 0 Å². The Morgan fingerprint density at radius 1 is 1.15 bits per heavy atom. The summed E-state index contributed by atoms with van der Waals surface area (Å²) in [5.74, 6) is 0.655. The van der Waals surface area contributed by atoms with E-state index < -0.39 is 6.43 Å². The van der Waals surface area contributed by atoms with Crippen LogP contribution in [0.3, 0.4) is 0 Å². The van der Waals surface area contributed by atoms with Gasteiger partial charge in [-0.05, 0) is 37.1 Å². The fourth-order valence-corrected chi connectivity index (χ4v) is 1.27. The number of aryl methyl sites for hydroxylation is 2. The number of hydrogen-bond acceptors (Lipinski definition) is 1. The van der Waals surface area contributed by atoms with Crippen molar-refractivity contribution < 1.29 is 13.5 Å². The van der Waals surface area contributed by atoms with Crippen molar-refractivity contribution in [2.75, 3.05) is 7.11 Å². The lowest BCUT2D eigenvalue weighted by atomic mass is 10.1. The third-order valence-electron chi connectivity index (χ3n) is 2.02. The zero-order valence-electron chi connectivity index (χ0n) is 7.90. The molecule has 0 radical (unpaired) electrons. The average Bonchev–Trinajstić information content (AvgIpc) is 2.07. The van der Waals surface area contributed by atoms with Crippen molar-refractivity contribution in [3.8, 4) is 5.75 Å². The van der Waals surface area contributed by atoms with Gasteiger partial charge in [0.05, 0.1) is 7.11 Å². The lowest BCUT2D eigenvalue weighted by molar-refractivity contribution is 0.150. The zero-order valence-corrected chi connectivity index (χ0v) is 7.90. The smallest absolute Gasteiger partial charge is 0.264 e. The lowest BCUT2D eigenvalue weighted by Crippen LogP contribution is -1.94. The maximum atomic E-state index is 12.4. The number of hydrogen-bond donors (Lipinski definition) is 0. The number of rotatable bonds is 2. The van der Waals surface area contributed by atoms with Gasteiger partial charge in [0, 0.05) is 5.56 Å². The summed E-state index contributed by atoms with van der Waals surface area (Å²) >= 11 is 0. The first-order valence-corrected chi connectivity index (χ1v) is 3.99. The van der Waals surface area contributed by atoms with Crippen molar-refractivity contribution in [2.24, 2.45) is 0 Å². The standard InChI is InChI=1S/C10H12F2O/c1-6-5-9(13-3)7(2)4-8(6)10(11)12/h4-5,10H,1-3H3. The van der Waals surface area contributed by atoms with E-state index in [4.69, 9.17) is 4.74 Å². The molecule has 0 bridgehead atoms. The van der Waals surface area contributed by atoms with Crippen molar-refractivity contribution in [3.05, 3.63) is 28.8 Å². The van der Waals surface area contributed by atoms with Gasteiger partial charge in [-0.25, -0.2) is 8.78 Å². The Morgan fingerprint density at radius 3 is 2.23 bits per heavy atom. The molecular formula is C10H12F2O. The molecule has 3 heteroatoms. The lowest BCUT2D eigenvalue weighted by Gasteiger charge is -2.10. The molecule has 0 aliphatic heterocycles. The van der Waals surface area contributed by atoms with Crippen LogP contribution in [-0.2, 0) is 0 Å². The molecule has 72 valence electrons. The molecule has 0 atom stereocenters. The number of benzene rings is 1. The largest absolute Gasteiger partial charge is 0.496 e. The predicted molar refractivity (Wildman–Crippen MR) is 47.4 cm³/mol. The molecule has 1 nitrogen and oxygen atoms in total. The molecule has 1 rings (SSSR count). The minimum Gasteiger partial charge on any atom is -0.496 e. The van der Waals surface area contributed by atoms with Gasteiger partial charge in [0.1, 0.15) is 5.75 Å². The Bertz CT molecular complexity index is 308. The number of halogens is 2. The van der Waals surface area contributed by atoms with Crippen LogP contribution in [0.1, 0.15) is 23.1 Å². The van der Waals surface area contributed by atoms with Gasteiger partial charge in [-0.1, -0.05) is 0 Å². The fraction of sp³-hybridized carbons (Fsp3) is 0.400. The normalized spacial score (nSPS) is 10.6. The van der Waals surface area contributed by atoms with E-state index in [0.717, 1.165) is 5.56 Å². The first-order chi connectivity index (χ1) is 6.06. The summed E-state index contributed by atoms with van der Waals surface area (Å²) in [6.45, 7) is 3.41. The highest BCUT2D eigenvalue weighted by Gasteiger charge is 2.12.